The molecule has 10 heteroatoms. The van der Waals surface area contributed by atoms with Crippen molar-refractivity contribution in [1.82, 2.24) is 15.0 Å². The second-order valence-corrected chi connectivity index (χ2v) is 7.86. The van der Waals surface area contributed by atoms with E-state index in [0.29, 0.717) is 35.9 Å². The lowest BCUT2D eigenvalue weighted by Gasteiger charge is -2.29. The van der Waals surface area contributed by atoms with Gasteiger partial charge in [-0.2, -0.15) is 10.1 Å². The average Bonchev–Trinajstić information content (AvgIpc) is 2.91. The molecule has 1 aliphatic heterocycles. The molecule has 10 nitrogen and oxygen atoms in total. The zero-order valence-corrected chi connectivity index (χ0v) is 20.3. The SMILES string of the molecule is CCOc1ccc(C2=NN(Cc3ccc(NC(=O)c4cnccn4)cc3)C(=O)OC2CC)cc1OC. The molecule has 2 aromatic carbocycles. The van der Waals surface area contributed by atoms with Crippen LogP contribution in [0.5, 0.6) is 11.5 Å². The van der Waals surface area contributed by atoms with Crippen LogP contribution in [0.2, 0.25) is 0 Å². The molecule has 186 valence electrons. The lowest BCUT2D eigenvalue weighted by Crippen LogP contribution is -2.41. The number of methoxy groups -OCH3 is 1. The Morgan fingerprint density at radius 1 is 1.11 bits per heavy atom. The Labute approximate surface area is 208 Å². The Hall–Kier alpha value is -4.47. The number of ether oxygens (including phenoxy) is 3. The van der Waals surface area contributed by atoms with Gasteiger partial charge in [0.25, 0.3) is 5.91 Å². The van der Waals surface area contributed by atoms with Crippen molar-refractivity contribution in [1.29, 1.82) is 0 Å². The molecular weight excluding hydrogens is 462 g/mol. The molecule has 0 saturated heterocycles. The molecule has 0 aliphatic carbocycles. The summed E-state index contributed by atoms with van der Waals surface area (Å²) in [7, 11) is 1.58. The van der Waals surface area contributed by atoms with E-state index in [-0.39, 0.29) is 18.1 Å². The average molecular weight is 490 g/mol. The van der Waals surface area contributed by atoms with Gasteiger partial charge in [0.05, 0.1) is 26.5 Å². The Morgan fingerprint density at radius 2 is 1.92 bits per heavy atom. The minimum Gasteiger partial charge on any atom is -0.493 e. The number of carbonyl (C=O) groups excluding carboxylic acids is 2. The molecule has 36 heavy (non-hydrogen) atoms. The molecule has 0 bridgehead atoms. The molecule has 2 heterocycles. The van der Waals surface area contributed by atoms with Crippen molar-refractivity contribution in [3.05, 3.63) is 77.9 Å². The zero-order chi connectivity index (χ0) is 25.5. The number of amides is 2. The van der Waals surface area contributed by atoms with Crippen LogP contribution in [-0.2, 0) is 11.3 Å². The van der Waals surface area contributed by atoms with Crippen LogP contribution in [0.15, 0.2) is 66.2 Å². The number of rotatable bonds is 9. The van der Waals surface area contributed by atoms with Gasteiger partial charge < -0.3 is 19.5 Å². The van der Waals surface area contributed by atoms with Gasteiger partial charge >= 0.3 is 6.09 Å². The first-order chi connectivity index (χ1) is 17.5. The summed E-state index contributed by atoms with van der Waals surface area (Å²) in [4.78, 5) is 32.8. The number of hydrogen-bond acceptors (Lipinski definition) is 8. The van der Waals surface area contributed by atoms with E-state index in [1.165, 1.54) is 23.6 Å². The molecule has 1 unspecified atom stereocenters. The van der Waals surface area contributed by atoms with Crippen LogP contribution >= 0.6 is 0 Å². The smallest absolute Gasteiger partial charge is 0.431 e. The third-order valence-electron chi connectivity index (χ3n) is 5.46. The van der Waals surface area contributed by atoms with E-state index in [2.05, 4.69) is 20.4 Å². The van der Waals surface area contributed by atoms with Gasteiger partial charge in [-0.1, -0.05) is 19.1 Å². The molecular formula is C26H27N5O5. The third kappa shape index (κ3) is 5.60. The highest BCUT2D eigenvalue weighted by molar-refractivity contribution is 6.06. The van der Waals surface area contributed by atoms with Crippen LogP contribution in [0.4, 0.5) is 10.5 Å². The van der Waals surface area contributed by atoms with Gasteiger partial charge in [0, 0.05) is 23.6 Å². The van der Waals surface area contributed by atoms with Crippen LogP contribution < -0.4 is 14.8 Å². The predicted octanol–water partition coefficient (Wildman–Crippen LogP) is 4.27. The first-order valence-electron chi connectivity index (χ1n) is 11.6. The number of nitrogens with one attached hydrogen (secondary N) is 1. The maximum absolute atomic E-state index is 12.7. The monoisotopic (exact) mass is 489 g/mol. The fourth-order valence-electron chi connectivity index (χ4n) is 3.67. The van der Waals surface area contributed by atoms with Crippen LogP contribution in [-0.4, -0.2) is 52.5 Å². The van der Waals surface area contributed by atoms with Crippen molar-refractivity contribution < 1.29 is 23.8 Å². The molecule has 3 aromatic rings. The van der Waals surface area contributed by atoms with E-state index < -0.39 is 12.2 Å². The van der Waals surface area contributed by atoms with E-state index in [1.807, 2.05) is 32.0 Å². The molecule has 0 radical (unpaired) electrons. The normalized spacial score (nSPS) is 15.1. The number of anilines is 1. The molecule has 1 N–H and O–H groups in total. The van der Waals surface area contributed by atoms with E-state index in [0.717, 1.165) is 11.1 Å². The predicted molar refractivity (Wildman–Crippen MR) is 133 cm³/mol. The number of carbonyl (C=O) groups is 2. The highest BCUT2D eigenvalue weighted by Gasteiger charge is 2.31. The Bertz CT molecular complexity index is 1250. The maximum atomic E-state index is 12.7. The number of aromatic nitrogens is 2. The first kappa shape index (κ1) is 24.6. The molecule has 0 spiro atoms. The minimum atomic E-state index is -0.525. The number of benzene rings is 2. The largest absolute Gasteiger partial charge is 0.493 e. The number of cyclic esters (lactones) is 1. The summed E-state index contributed by atoms with van der Waals surface area (Å²) in [5.74, 6) is 0.851. The standard InChI is InChI=1S/C26H27N5O5/c1-4-21-24(18-8-11-22(35-5-2)23(14-18)34-3)30-31(26(33)36-21)16-17-6-9-19(10-7-17)29-25(32)20-15-27-12-13-28-20/h6-15,21H,4-5,16H2,1-3H3,(H,29,32). The topological polar surface area (TPSA) is 115 Å². The Morgan fingerprint density at radius 3 is 2.58 bits per heavy atom. The van der Waals surface area contributed by atoms with E-state index in [4.69, 9.17) is 14.2 Å². The molecule has 1 atom stereocenters. The second-order valence-electron chi connectivity index (χ2n) is 7.86. The van der Waals surface area contributed by atoms with Gasteiger partial charge in [0.1, 0.15) is 17.5 Å². The fraction of sp³-hybridized carbons (Fsp3) is 0.269. The van der Waals surface area contributed by atoms with E-state index >= 15 is 0 Å². The molecule has 1 aliphatic rings. The summed E-state index contributed by atoms with van der Waals surface area (Å²) >= 11 is 0. The van der Waals surface area contributed by atoms with Crippen molar-refractivity contribution in [2.45, 2.75) is 32.9 Å². The van der Waals surface area contributed by atoms with Crippen molar-refractivity contribution in [3.8, 4) is 11.5 Å². The van der Waals surface area contributed by atoms with E-state index in [9.17, 15) is 9.59 Å². The van der Waals surface area contributed by atoms with Crippen LogP contribution in [0.3, 0.4) is 0 Å². The van der Waals surface area contributed by atoms with Crippen molar-refractivity contribution in [2.75, 3.05) is 19.0 Å². The third-order valence-corrected chi connectivity index (χ3v) is 5.46. The zero-order valence-electron chi connectivity index (χ0n) is 20.3. The van der Waals surface area contributed by atoms with Gasteiger partial charge in [-0.15, -0.1) is 0 Å². The Kier molecular flexibility index (Phi) is 7.74. The van der Waals surface area contributed by atoms with Gasteiger partial charge in [-0.3, -0.25) is 9.78 Å². The van der Waals surface area contributed by atoms with Gasteiger partial charge in [0.2, 0.25) is 0 Å². The number of hydrazone groups is 1. The molecule has 4 rings (SSSR count). The summed E-state index contributed by atoms with van der Waals surface area (Å²) in [5, 5.41) is 8.69. The minimum absolute atomic E-state index is 0.200. The van der Waals surface area contributed by atoms with Crippen LogP contribution in [0, 0.1) is 0 Å². The molecule has 1 aromatic heterocycles. The van der Waals surface area contributed by atoms with Gasteiger partial charge in [0.15, 0.2) is 11.5 Å². The van der Waals surface area contributed by atoms with Crippen molar-refractivity contribution in [3.63, 3.8) is 0 Å². The summed E-state index contributed by atoms with van der Waals surface area (Å²) in [6.45, 7) is 4.55. The lowest BCUT2D eigenvalue weighted by molar-refractivity contribution is 0.0712. The van der Waals surface area contributed by atoms with Gasteiger partial charge in [-0.05, 0) is 49.2 Å². The molecule has 0 fully saturated rings. The summed E-state index contributed by atoms with van der Waals surface area (Å²) < 4.78 is 16.8. The number of nitrogens with zero attached hydrogens (tertiary/aromatic N) is 4. The highest BCUT2D eigenvalue weighted by atomic mass is 16.6. The van der Waals surface area contributed by atoms with Crippen LogP contribution in [0.1, 0.15) is 41.9 Å². The first-order valence-corrected chi connectivity index (χ1v) is 11.6. The van der Waals surface area contributed by atoms with Crippen molar-refractivity contribution >= 4 is 23.4 Å². The van der Waals surface area contributed by atoms with Crippen molar-refractivity contribution in [2.24, 2.45) is 5.10 Å². The number of hydrogen-bond donors (Lipinski definition) is 1. The van der Waals surface area contributed by atoms with Crippen LogP contribution in [0.25, 0.3) is 0 Å². The second kappa shape index (κ2) is 11.3. The maximum Gasteiger partial charge on any atom is 0.431 e. The lowest BCUT2D eigenvalue weighted by atomic mass is 10.0. The Balaban J connectivity index is 1.52. The van der Waals surface area contributed by atoms with E-state index in [1.54, 1.807) is 31.4 Å². The molecule has 0 saturated carbocycles. The highest BCUT2D eigenvalue weighted by Crippen LogP contribution is 2.30. The van der Waals surface area contributed by atoms with Gasteiger partial charge in [-0.25, -0.2) is 9.78 Å². The summed E-state index contributed by atoms with van der Waals surface area (Å²) in [6.07, 6.45) is 3.93. The summed E-state index contributed by atoms with van der Waals surface area (Å²) in [6, 6.07) is 12.6. The molecule has 2 amide bonds. The quantitative estimate of drug-likeness (QED) is 0.477. The summed E-state index contributed by atoms with van der Waals surface area (Å²) in [5.41, 5.74) is 3.03. The fourth-order valence-corrected chi connectivity index (χ4v) is 3.67.